The van der Waals surface area contributed by atoms with Crippen molar-refractivity contribution < 1.29 is 34.0 Å². The lowest BCUT2D eigenvalue weighted by atomic mass is 10.1. The normalized spacial score (nSPS) is 15.9. The number of hydrogen-bond acceptors (Lipinski definition) is 9. The van der Waals surface area contributed by atoms with E-state index in [0.717, 1.165) is 11.8 Å². The van der Waals surface area contributed by atoms with Crippen molar-refractivity contribution >= 4 is 34.5 Å². The third-order valence-electron chi connectivity index (χ3n) is 4.45. The SMILES string of the molecule is CCOC(=O)C1=C(O)C(=Cc2cc(O)c(OC)c(OC)c2)SC1=Nc1ccc(OC)cc1. The lowest BCUT2D eigenvalue weighted by Gasteiger charge is -2.10. The number of rotatable bonds is 7. The number of esters is 1. The minimum Gasteiger partial charge on any atom is -0.506 e. The minimum absolute atomic E-state index is 0.0244. The number of aliphatic imine (C=N–C) groups is 1. The second-order valence-corrected chi connectivity index (χ2v) is 7.48. The fourth-order valence-electron chi connectivity index (χ4n) is 2.97. The Hall–Kier alpha value is -3.59. The fraction of sp³-hybridized carbons (Fsp3) is 0.217. The summed E-state index contributed by atoms with van der Waals surface area (Å²) in [7, 11) is 4.44. The van der Waals surface area contributed by atoms with Crippen LogP contribution in [0.1, 0.15) is 12.5 Å². The number of aliphatic hydroxyl groups excluding tert-OH is 1. The van der Waals surface area contributed by atoms with E-state index < -0.39 is 5.97 Å². The quantitative estimate of drug-likeness (QED) is 0.581. The van der Waals surface area contributed by atoms with Gasteiger partial charge in [0.1, 0.15) is 22.1 Å². The van der Waals surface area contributed by atoms with Gasteiger partial charge in [0.25, 0.3) is 0 Å². The van der Waals surface area contributed by atoms with Crippen LogP contribution in [-0.2, 0) is 9.53 Å². The van der Waals surface area contributed by atoms with Crippen molar-refractivity contribution in [3.8, 4) is 23.0 Å². The maximum atomic E-state index is 12.5. The highest BCUT2D eigenvalue weighted by Crippen LogP contribution is 2.42. The number of carbonyl (C=O) groups excluding carboxylic acids is 1. The molecule has 2 N–H and O–H groups in total. The van der Waals surface area contributed by atoms with Crippen molar-refractivity contribution in [2.45, 2.75) is 6.92 Å². The Morgan fingerprint density at radius 1 is 1.06 bits per heavy atom. The predicted molar refractivity (Wildman–Crippen MR) is 123 cm³/mol. The van der Waals surface area contributed by atoms with Crippen molar-refractivity contribution in [3.63, 3.8) is 0 Å². The molecule has 1 aliphatic heterocycles. The van der Waals surface area contributed by atoms with Gasteiger partial charge in [0.15, 0.2) is 11.5 Å². The zero-order chi connectivity index (χ0) is 23.3. The Labute approximate surface area is 189 Å². The van der Waals surface area contributed by atoms with Gasteiger partial charge in [0.05, 0.1) is 38.5 Å². The Balaban J connectivity index is 2.05. The molecule has 2 aromatic carbocycles. The van der Waals surface area contributed by atoms with Crippen molar-refractivity contribution in [3.05, 3.63) is 58.2 Å². The van der Waals surface area contributed by atoms with Crippen LogP contribution in [0.4, 0.5) is 5.69 Å². The van der Waals surface area contributed by atoms with Crippen LogP contribution >= 0.6 is 11.8 Å². The highest BCUT2D eigenvalue weighted by molar-refractivity contribution is 8.18. The van der Waals surface area contributed by atoms with Crippen LogP contribution < -0.4 is 14.2 Å². The highest BCUT2D eigenvalue weighted by Gasteiger charge is 2.33. The Kier molecular flexibility index (Phi) is 7.32. The standard InChI is InChI=1S/C23H23NO7S/c1-5-31-23(27)19-20(26)18(12-13-10-16(25)21(30-4)17(11-13)29-3)32-22(19)24-14-6-8-15(28-2)9-7-14/h6-12,25-26H,5H2,1-4H3. The predicted octanol–water partition coefficient (Wildman–Crippen LogP) is 4.61. The number of phenols is 1. The number of hydrogen-bond donors (Lipinski definition) is 2. The van der Waals surface area contributed by atoms with Crippen LogP contribution in [0.3, 0.4) is 0 Å². The molecule has 32 heavy (non-hydrogen) atoms. The second kappa shape index (κ2) is 10.1. The zero-order valence-corrected chi connectivity index (χ0v) is 18.9. The number of benzene rings is 2. The molecular formula is C23H23NO7S. The van der Waals surface area contributed by atoms with E-state index >= 15 is 0 Å². The van der Waals surface area contributed by atoms with Gasteiger partial charge in [0, 0.05) is 0 Å². The maximum Gasteiger partial charge on any atom is 0.344 e. The molecule has 0 amide bonds. The summed E-state index contributed by atoms with van der Waals surface area (Å²) in [6, 6.07) is 10.1. The van der Waals surface area contributed by atoms with Crippen LogP contribution in [0.25, 0.3) is 6.08 Å². The van der Waals surface area contributed by atoms with E-state index in [1.807, 2.05) is 0 Å². The van der Waals surface area contributed by atoms with Crippen molar-refractivity contribution in [2.75, 3.05) is 27.9 Å². The van der Waals surface area contributed by atoms with E-state index in [4.69, 9.17) is 18.9 Å². The summed E-state index contributed by atoms with van der Waals surface area (Å²) < 4.78 is 20.7. The number of methoxy groups -OCH3 is 3. The molecule has 8 nitrogen and oxygen atoms in total. The van der Waals surface area contributed by atoms with E-state index in [1.54, 1.807) is 50.4 Å². The molecular weight excluding hydrogens is 434 g/mol. The third-order valence-corrected chi connectivity index (χ3v) is 5.47. The van der Waals surface area contributed by atoms with Crippen LogP contribution in [0.15, 0.2) is 57.6 Å². The first-order valence-electron chi connectivity index (χ1n) is 9.60. The molecule has 0 spiro atoms. The number of thioether (sulfide) groups is 1. The van der Waals surface area contributed by atoms with Crippen LogP contribution in [-0.4, -0.2) is 49.2 Å². The summed E-state index contributed by atoms with van der Waals surface area (Å²) in [6.45, 7) is 1.83. The summed E-state index contributed by atoms with van der Waals surface area (Å²) in [4.78, 5) is 17.4. The molecule has 0 bridgehead atoms. The molecule has 0 atom stereocenters. The Morgan fingerprint density at radius 2 is 1.78 bits per heavy atom. The third kappa shape index (κ3) is 4.83. The molecule has 0 saturated carbocycles. The average molecular weight is 458 g/mol. The van der Waals surface area contributed by atoms with Gasteiger partial charge in [-0.25, -0.2) is 9.79 Å². The molecule has 168 valence electrons. The lowest BCUT2D eigenvalue weighted by molar-refractivity contribution is -0.138. The summed E-state index contributed by atoms with van der Waals surface area (Å²) >= 11 is 1.11. The Morgan fingerprint density at radius 3 is 2.38 bits per heavy atom. The molecule has 1 heterocycles. The number of phenolic OH excluding ortho intramolecular Hbond substituents is 1. The first-order chi connectivity index (χ1) is 15.4. The van der Waals surface area contributed by atoms with Gasteiger partial charge < -0.3 is 29.2 Å². The monoisotopic (exact) mass is 457 g/mol. The second-order valence-electron chi connectivity index (χ2n) is 6.45. The molecule has 3 rings (SSSR count). The van der Waals surface area contributed by atoms with Gasteiger partial charge in [-0.05, 0) is 55.0 Å². The van der Waals surface area contributed by atoms with Crippen LogP contribution in [0, 0.1) is 0 Å². The number of aromatic hydroxyl groups is 1. The molecule has 9 heteroatoms. The molecule has 0 aliphatic carbocycles. The van der Waals surface area contributed by atoms with E-state index in [9.17, 15) is 15.0 Å². The lowest BCUT2D eigenvalue weighted by Crippen LogP contribution is -2.12. The number of nitrogens with zero attached hydrogens (tertiary/aromatic N) is 1. The van der Waals surface area contributed by atoms with Gasteiger partial charge in [-0.3, -0.25) is 0 Å². The van der Waals surface area contributed by atoms with Gasteiger partial charge >= 0.3 is 5.97 Å². The fourth-order valence-corrected chi connectivity index (χ4v) is 4.00. The topological polar surface area (TPSA) is 107 Å². The van der Waals surface area contributed by atoms with E-state index in [2.05, 4.69) is 4.99 Å². The first-order valence-corrected chi connectivity index (χ1v) is 10.4. The number of ether oxygens (including phenoxy) is 4. The van der Waals surface area contributed by atoms with Crippen molar-refractivity contribution in [2.24, 2.45) is 4.99 Å². The largest absolute Gasteiger partial charge is 0.506 e. The molecule has 0 fully saturated rings. The van der Waals surface area contributed by atoms with Crippen LogP contribution in [0.2, 0.25) is 0 Å². The Bertz CT molecular complexity index is 1100. The molecule has 1 aliphatic rings. The minimum atomic E-state index is -0.677. The maximum absolute atomic E-state index is 12.5. The first kappa shape index (κ1) is 23.1. The number of aliphatic hydroxyl groups is 1. The summed E-state index contributed by atoms with van der Waals surface area (Å²) in [5, 5.41) is 21.3. The molecule has 0 unspecified atom stereocenters. The molecule has 2 aromatic rings. The summed E-state index contributed by atoms with van der Waals surface area (Å²) in [5.41, 5.74) is 1.08. The van der Waals surface area contributed by atoms with E-state index in [-0.39, 0.29) is 29.4 Å². The van der Waals surface area contributed by atoms with Crippen molar-refractivity contribution in [1.29, 1.82) is 0 Å². The van der Waals surface area contributed by atoms with E-state index in [0.29, 0.717) is 32.7 Å². The molecule has 0 radical (unpaired) electrons. The van der Waals surface area contributed by atoms with Gasteiger partial charge in [-0.1, -0.05) is 11.8 Å². The molecule has 0 aromatic heterocycles. The van der Waals surface area contributed by atoms with E-state index in [1.165, 1.54) is 20.3 Å². The smallest absolute Gasteiger partial charge is 0.344 e. The van der Waals surface area contributed by atoms with Gasteiger partial charge in [0.2, 0.25) is 5.75 Å². The van der Waals surface area contributed by atoms with Gasteiger partial charge in [-0.2, -0.15) is 0 Å². The summed E-state index contributed by atoms with van der Waals surface area (Å²) in [6.07, 6.45) is 1.61. The van der Waals surface area contributed by atoms with Gasteiger partial charge in [-0.15, -0.1) is 0 Å². The van der Waals surface area contributed by atoms with Crippen molar-refractivity contribution in [1.82, 2.24) is 0 Å². The number of carbonyl (C=O) groups is 1. The van der Waals surface area contributed by atoms with Crippen LogP contribution in [0.5, 0.6) is 23.0 Å². The highest BCUT2D eigenvalue weighted by atomic mass is 32.2. The summed E-state index contributed by atoms with van der Waals surface area (Å²) in [5.74, 6) is 0.137. The average Bonchev–Trinajstić information content (AvgIpc) is 3.08. The molecule has 0 saturated heterocycles. The zero-order valence-electron chi connectivity index (χ0n) is 18.0.